The third-order valence-electron chi connectivity index (χ3n) is 4.59. The van der Waals surface area contributed by atoms with Gasteiger partial charge in [-0.1, -0.05) is 47.5 Å². The van der Waals surface area contributed by atoms with E-state index in [4.69, 9.17) is 32.7 Å². The van der Waals surface area contributed by atoms with Crippen molar-refractivity contribution in [3.8, 4) is 11.5 Å². The van der Waals surface area contributed by atoms with Crippen LogP contribution in [0.5, 0.6) is 11.5 Å². The van der Waals surface area contributed by atoms with Crippen molar-refractivity contribution in [2.45, 2.75) is 20.1 Å². The van der Waals surface area contributed by atoms with Crippen molar-refractivity contribution in [1.82, 2.24) is 0 Å². The van der Waals surface area contributed by atoms with E-state index < -0.39 is 5.97 Å². The lowest BCUT2D eigenvalue weighted by atomic mass is 10.1. The first kappa shape index (κ1) is 21.8. The van der Waals surface area contributed by atoms with Crippen molar-refractivity contribution in [1.29, 1.82) is 0 Å². The van der Waals surface area contributed by atoms with Gasteiger partial charge in [-0.3, -0.25) is 0 Å². The molecule has 0 heterocycles. The van der Waals surface area contributed by atoms with Gasteiger partial charge in [0.1, 0.15) is 6.61 Å². The van der Waals surface area contributed by atoms with Crippen LogP contribution in [0.25, 0.3) is 0 Å². The van der Waals surface area contributed by atoms with Crippen LogP contribution >= 0.6 is 23.2 Å². The molecule has 0 unspecified atom stereocenters. The molecule has 30 heavy (non-hydrogen) atoms. The Hall–Kier alpha value is -2.89. The summed E-state index contributed by atoms with van der Waals surface area (Å²) in [6, 6.07) is 16.0. The summed E-state index contributed by atoms with van der Waals surface area (Å²) in [4.78, 5) is 11.2. The number of aryl methyl sites for hydroxylation is 1. The van der Waals surface area contributed by atoms with E-state index in [9.17, 15) is 9.90 Å². The first-order valence-corrected chi connectivity index (χ1v) is 9.95. The standard InChI is InChI=1S/C23H21Cl2NO4/c1-14-7-8-16(23(27)28)11-20(14)26-12-15-9-19(25)22(21(10-15)29-2)30-13-17-5-3-4-6-18(17)24/h3-11,26H,12-13H2,1-2H3,(H,27,28). The molecule has 0 aromatic heterocycles. The molecule has 0 radical (unpaired) electrons. The van der Waals surface area contributed by atoms with Gasteiger partial charge in [0.05, 0.1) is 17.7 Å². The first-order valence-electron chi connectivity index (χ1n) is 9.19. The van der Waals surface area contributed by atoms with Gasteiger partial charge >= 0.3 is 5.97 Å². The van der Waals surface area contributed by atoms with Crippen molar-refractivity contribution in [2.24, 2.45) is 0 Å². The number of aromatic carboxylic acids is 1. The predicted molar refractivity (Wildman–Crippen MR) is 119 cm³/mol. The normalized spacial score (nSPS) is 10.5. The minimum absolute atomic E-state index is 0.224. The highest BCUT2D eigenvalue weighted by molar-refractivity contribution is 6.32. The summed E-state index contributed by atoms with van der Waals surface area (Å²) < 4.78 is 11.3. The van der Waals surface area contributed by atoms with E-state index in [0.29, 0.717) is 28.1 Å². The fourth-order valence-corrected chi connectivity index (χ4v) is 3.40. The minimum Gasteiger partial charge on any atom is -0.493 e. The van der Waals surface area contributed by atoms with Crippen LogP contribution in [0.1, 0.15) is 27.0 Å². The van der Waals surface area contributed by atoms with Crippen LogP contribution in [-0.4, -0.2) is 18.2 Å². The molecule has 0 amide bonds. The second kappa shape index (κ2) is 9.74. The highest BCUT2D eigenvalue weighted by Crippen LogP contribution is 2.37. The number of hydrogen-bond acceptors (Lipinski definition) is 4. The van der Waals surface area contributed by atoms with E-state index in [1.165, 1.54) is 0 Å². The van der Waals surface area contributed by atoms with Crippen molar-refractivity contribution in [3.63, 3.8) is 0 Å². The number of hydrogen-bond donors (Lipinski definition) is 2. The van der Waals surface area contributed by atoms with Gasteiger partial charge in [0.2, 0.25) is 0 Å². The number of nitrogens with one attached hydrogen (secondary N) is 1. The Balaban J connectivity index is 1.76. The molecular formula is C23H21Cl2NO4. The molecule has 7 heteroatoms. The maximum Gasteiger partial charge on any atom is 0.335 e. The summed E-state index contributed by atoms with van der Waals surface area (Å²) in [5.41, 5.74) is 3.61. The molecule has 0 fully saturated rings. The van der Waals surface area contributed by atoms with Crippen LogP contribution in [-0.2, 0) is 13.2 Å². The van der Waals surface area contributed by atoms with E-state index >= 15 is 0 Å². The number of rotatable bonds is 8. The number of benzene rings is 3. The van der Waals surface area contributed by atoms with E-state index in [0.717, 1.165) is 22.4 Å². The minimum atomic E-state index is -0.970. The summed E-state index contributed by atoms with van der Waals surface area (Å²) in [7, 11) is 1.55. The third-order valence-corrected chi connectivity index (χ3v) is 5.24. The Morgan fingerprint density at radius 2 is 1.83 bits per heavy atom. The first-order chi connectivity index (χ1) is 14.4. The number of carbonyl (C=O) groups is 1. The number of carboxylic acids is 1. The molecule has 3 rings (SSSR count). The Labute approximate surface area is 185 Å². The van der Waals surface area contributed by atoms with Gasteiger partial charge in [0.15, 0.2) is 11.5 Å². The van der Waals surface area contributed by atoms with Crippen molar-refractivity contribution < 1.29 is 19.4 Å². The van der Waals surface area contributed by atoms with E-state index in [1.54, 1.807) is 37.4 Å². The van der Waals surface area contributed by atoms with Crippen LogP contribution in [0.2, 0.25) is 10.0 Å². The predicted octanol–water partition coefficient (Wildman–Crippen LogP) is 6.20. The van der Waals surface area contributed by atoms with Crippen molar-refractivity contribution in [2.75, 3.05) is 12.4 Å². The van der Waals surface area contributed by atoms with E-state index in [2.05, 4.69) is 5.32 Å². The number of carboxylic acid groups (broad SMARTS) is 1. The fraction of sp³-hybridized carbons (Fsp3) is 0.174. The summed E-state index contributed by atoms with van der Waals surface area (Å²) in [5.74, 6) is -0.0305. The average molecular weight is 446 g/mol. The fourth-order valence-electron chi connectivity index (χ4n) is 2.92. The van der Waals surface area contributed by atoms with Gasteiger partial charge in [-0.2, -0.15) is 0 Å². The zero-order valence-electron chi connectivity index (χ0n) is 16.5. The molecule has 156 valence electrons. The molecule has 0 saturated carbocycles. The maximum absolute atomic E-state index is 11.2. The van der Waals surface area contributed by atoms with Gasteiger partial charge in [-0.25, -0.2) is 4.79 Å². The maximum atomic E-state index is 11.2. The molecule has 0 atom stereocenters. The molecule has 3 aromatic rings. The number of halogens is 2. The van der Waals surface area contributed by atoms with Gasteiger partial charge in [-0.05, 0) is 48.4 Å². The Morgan fingerprint density at radius 1 is 1.07 bits per heavy atom. The molecule has 0 aliphatic heterocycles. The van der Waals surface area contributed by atoms with E-state index in [-0.39, 0.29) is 12.2 Å². The van der Waals surface area contributed by atoms with Crippen molar-refractivity contribution >= 4 is 34.9 Å². The van der Waals surface area contributed by atoms with Crippen LogP contribution < -0.4 is 14.8 Å². The van der Waals surface area contributed by atoms with Gasteiger partial charge in [-0.15, -0.1) is 0 Å². The summed E-state index contributed by atoms with van der Waals surface area (Å²) in [5, 5.41) is 13.5. The van der Waals surface area contributed by atoms with Crippen LogP contribution in [0.3, 0.4) is 0 Å². The summed E-state index contributed by atoms with van der Waals surface area (Å²) in [6.07, 6.45) is 0. The Kier molecular flexibility index (Phi) is 7.08. The lowest BCUT2D eigenvalue weighted by Gasteiger charge is -2.16. The molecule has 5 nitrogen and oxygen atoms in total. The summed E-state index contributed by atoms with van der Waals surface area (Å²) in [6.45, 7) is 2.60. The lowest BCUT2D eigenvalue weighted by molar-refractivity contribution is 0.0697. The molecule has 2 N–H and O–H groups in total. The van der Waals surface area contributed by atoms with Gasteiger partial charge in [0.25, 0.3) is 0 Å². The zero-order valence-corrected chi connectivity index (χ0v) is 18.1. The molecular weight excluding hydrogens is 425 g/mol. The second-order valence-corrected chi connectivity index (χ2v) is 7.49. The molecule has 0 spiro atoms. The van der Waals surface area contributed by atoms with Gasteiger partial charge in [0, 0.05) is 22.8 Å². The largest absolute Gasteiger partial charge is 0.493 e. The smallest absolute Gasteiger partial charge is 0.335 e. The third kappa shape index (κ3) is 5.17. The number of anilines is 1. The van der Waals surface area contributed by atoms with Crippen LogP contribution in [0.15, 0.2) is 54.6 Å². The summed E-state index contributed by atoms with van der Waals surface area (Å²) >= 11 is 12.6. The van der Waals surface area contributed by atoms with Gasteiger partial charge < -0.3 is 19.9 Å². The average Bonchev–Trinajstić information content (AvgIpc) is 2.72. The quantitative estimate of drug-likeness (QED) is 0.431. The molecule has 0 aliphatic carbocycles. The number of methoxy groups -OCH3 is 1. The second-order valence-electron chi connectivity index (χ2n) is 6.68. The molecule has 0 aliphatic rings. The molecule has 3 aromatic carbocycles. The zero-order chi connectivity index (χ0) is 21.7. The number of ether oxygens (including phenoxy) is 2. The van der Waals surface area contributed by atoms with Crippen LogP contribution in [0.4, 0.5) is 5.69 Å². The van der Waals surface area contributed by atoms with Crippen molar-refractivity contribution in [3.05, 3.63) is 86.9 Å². The van der Waals surface area contributed by atoms with Crippen LogP contribution in [0, 0.1) is 6.92 Å². The highest BCUT2D eigenvalue weighted by atomic mass is 35.5. The Morgan fingerprint density at radius 3 is 2.53 bits per heavy atom. The molecule has 0 bridgehead atoms. The monoisotopic (exact) mass is 445 g/mol. The highest BCUT2D eigenvalue weighted by Gasteiger charge is 2.14. The topological polar surface area (TPSA) is 67.8 Å². The lowest BCUT2D eigenvalue weighted by Crippen LogP contribution is -2.05. The molecule has 0 saturated heterocycles. The SMILES string of the molecule is COc1cc(CNc2cc(C(=O)O)ccc2C)cc(Cl)c1OCc1ccccc1Cl. The Bertz CT molecular complexity index is 1070. The van der Waals surface area contributed by atoms with E-state index in [1.807, 2.05) is 31.2 Å².